The lowest BCUT2D eigenvalue weighted by atomic mass is 10.2. The van der Waals surface area contributed by atoms with Crippen molar-refractivity contribution in [3.05, 3.63) is 87.3 Å². The zero-order valence-corrected chi connectivity index (χ0v) is 16.2. The average Bonchev–Trinajstić information content (AvgIpc) is 2.70. The summed E-state index contributed by atoms with van der Waals surface area (Å²) >= 11 is 6.08. The van der Waals surface area contributed by atoms with Crippen molar-refractivity contribution in [3.8, 4) is 11.5 Å². The van der Waals surface area contributed by atoms with Crippen LogP contribution in [0.4, 0.5) is 5.69 Å². The van der Waals surface area contributed by atoms with Crippen molar-refractivity contribution in [3.63, 3.8) is 0 Å². The molecule has 1 aromatic heterocycles. The van der Waals surface area contributed by atoms with Crippen LogP contribution in [0.15, 0.2) is 65.6 Å². The van der Waals surface area contributed by atoms with E-state index in [4.69, 9.17) is 21.1 Å². The van der Waals surface area contributed by atoms with E-state index in [1.807, 2.05) is 24.3 Å². The topological polar surface area (TPSA) is 69.6 Å². The monoisotopic (exact) mass is 398 g/mol. The van der Waals surface area contributed by atoms with E-state index in [1.54, 1.807) is 37.6 Å². The number of halogens is 1. The van der Waals surface area contributed by atoms with Crippen LogP contribution in [-0.4, -0.2) is 24.7 Å². The van der Waals surface area contributed by atoms with Crippen LogP contribution in [0.5, 0.6) is 11.5 Å². The minimum atomic E-state index is -0.508. The Morgan fingerprint density at radius 2 is 1.89 bits per heavy atom. The van der Waals surface area contributed by atoms with E-state index < -0.39 is 5.91 Å². The molecule has 0 atom stereocenters. The molecule has 0 aliphatic rings. The van der Waals surface area contributed by atoms with Crippen LogP contribution in [0.25, 0.3) is 0 Å². The average molecular weight is 399 g/mol. The molecule has 0 aliphatic carbocycles. The lowest BCUT2D eigenvalue weighted by Crippen LogP contribution is -2.29. The van der Waals surface area contributed by atoms with Crippen LogP contribution in [0.3, 0.4) is 0 Å². The molecule has 0 radical (unpaired) electrons. The fourth-order valence-corrected chi connectivity index (χ4v) is 3.00. The fourth-order valence-electron chi connectivity index (χ4n) is 2.74. The number of amides is 1. The van der Waals surface area contributed by atoms with Gasteiger partial charge in [-0.15, -0.1) is 0 Å². The van der Waals surface area contributed by atoms with Crippen molar-refractivity contribution >= 4 is 23.2 Å². The molecular weight excluding hydrogens is 380 g/mol. The molecule has 7 heteroatoms. The van der Waals surface area contributed by atoms with Crippen molar-refractivity contribution in [2.75, 3.05) is 19.5 Å². The third-order valence-corrected chi connectivity index (χ3v) is 4.46. The normalized spacial score (nSPS) is 10.4. The van der Waals surface area contributed by atoms with Crippen LogP contribution in [0.1, 0.15) is 15.9 Å². The molecule has 0 bridgehead atoms. The molecule has 0 fully saturated rings. The molecule has 1 heterocycles. The first-order valence-electron chi connectivity index (χ1n) is 8.49. The van der Waals surface area contributed by atoms with Gasteiger partial charge in [-0.3, -0.25) is 9.59 Å². The minimum absolute atomic E-state index is 0.0392. The largest absolute Gasteiger partial charge is 0.497 e. The first-order valence-corrected chi connectivity index (χ1v) is 8.87. The molecule has 3 aromatic rings. The van der Waals surface area contributed by atoms with Gasteiger partial charge in [0.05, 0.1) is 25.8 Å². The number of methoxy groups -OCH3 is 2. The Bertz CT molecular complexity index is 1060. The van der Waals surface area contributed by atoms with Gasteiger partial charge in [0.15, 0.2) is 0 Å². The number of nitrogens with zero attached hydrogens (tertiary/aromatic N) is 1. The molecule has 1 N–H and O–H groups in total. The van der Waals surface area contributed by atoms with Crippen molar-refractivity contribution in [1.29, 1.82) is 0 Å². The number of nitrogens with one attached hydrogen (secondary N) is 1. The zero-order valence-electron chi connectivity index (χ0n) is 15.4. The Morgan fingerprint density at radius 3 is 2.61 bits per heavy atom. The second-order valence-electron chi connectivity index (χ2n) is 6.01. The number of carbonyl (C=O) groups is 1. The predicted octanol–water partition coefficient (Wildman–Crippen LogP) is 3.82. The lowest BCUT2D eigenvalue weighted by Gasteiger charge is -2.10. The van der Waals surface area contributed by atoms with Crippen LogP contribution in [-0.2, 0) is 6.54 Å². The SMILES string of the molecule is COc1cccc(Cn2cccc(C(=O)Nc3ccc(OC)c(Cl)c3)c2=O)c1. The van der Waals surface area contributed by atoms with Gasteiger partial charge in [-0.05, 0) is 48.0 Å². The molecule has 6 nitrogen and oxygen atoms in total. The van der Waals surface area contributed by atoms with Crippen LogP contribution >= 0.6 is 11.6 Å². The summed E-state index contributed by atoms with van der Waals surface area (Å²) in [7, 11) is 3.09. The standard InChI is InChI=1S/C21H19ClN2O4/c1-27-16-6-3-5-14(11-16)13-24-10-4-7-17(21(24)26)20(25)23-15-8-9-19(28-2)18(22)12-15/h3-12H,13H2,1-2H3,(H,23,25). The number of ether oxygens (including phenoxy) is 2. The number of anilines is 1. The first kappa shape index (κ1) is 19.5. The lowest BCUT2D eigenvalue weighted by molar-refractivity contribution is 0.102. The van der Waals surface area contributed by atoms with Crippen LogP contribution in [0.2, 0.25) is 5.02 Å². The van der Waals surface area contributed by atoms with Gasteiger partial charge in [-0.1, -0.05) is 23.7 Å². The molecule has 0 saturated carbocycles. The summed E-state index contributed by atoms with van der Waals surface area (Å²) < 4.78 is 11.8. The summed E-state index contributed by atoms with van der Waals surface area (Å²) in [5.41, 5.74) is 1.01. The number of aromatic nitrogens is 1. The van der Waals surface area contributed by atoms with Crippen LogP contribution < -0.4 is 20.3 Å². The van der Waals surface area contributed by atoms with Gasteiger partial charge < -0.3 is 19.4 Å². The van der Waals surface area contributed by atoms with Gasteiger partial charge in [0.25, 0.3) is 11.5 Å². The number of carbonyl (C=O) groups excluding carboxylic acids is 1. The van der Waals surface area contributed by atoms with Gasteiger partial charge in [-0.2, -0.15) is 0 Å². The Kier molecular flexibility index (Phi) is 6.01. The number of hydrogen-bond acceptors (Lipinski definition) is 4. The molecule has 0 unspecified atom stereocenters. The van der Waals surface area contributed by atoms with Gasteiger partial charge in [0.2, 0.25) is 0 Å². The second kappa shape index (κ2) is 8.63. The Hall–Kier alpha value is -3.25. The Labute approximate surface area is 167 Å². The molecule has 3 rings (SSSR count). The van der Waals surface area contributed by atoms with Crippen molar-refractivity contribution < 1.29 is 14.3 Å². The summed E-state index contributed by atoms with van der Waals surface area (Å²) in [6, 6.07) is 15.4. The quantitative estimate of drug-likeness (QED) is 0.685. The highest BCUT2D eigenvalue weighted by molar-refractivity contribution is 6.32. The summed E-state index contributed by atoms with van der Waals surface area (Å²) in [4.78, 5) is 25.3. The van der Waals surface area contributed by atoms with Gasteiger partial charge in [0.1, 0.15) is 17.1 Å². The Morgan fingerprint density at radius 1 is 1.07 bits per heavy atom. The summed E-state index contributed by atoms with van der Waals surface area (Å²) in [6.45, 7) is 0.325. The zero-order chi connectivity index (χ0) is 20.1. The molecule has 144 valence electrons. The molecule has 2 aromatic carbocycles. The highest BCUT2D eigenvalue weighted by Gasteiger charge is 2.13. The molecular formula is C21H19ClN2O4. The van der Waals surface area contributed by atoms with E-state index >= 15 is 0 Å². The van der Waals surface area contributed by atoms with Gasteiger partial charge >= 0.3 is 0 Å². The van der Waals surface area contributed by atoms with E-state index in [9.17, 15) is 9.59 Å². The predicted molar refractivity (Wildman–Crippen MR) is 109 cm³/mol. The number of hydrogen-bond donors (Lipinski definition) is 1. The molecule has 0 saturated heterocycles. The maximum absolute atomic E-state index is 12.8. The smallest absolute Gasteiger partial charge is 0.263 e. The second-order valence-corrected chi connectivity index (χ2v) is 6.42. The maximum atomic E-state index is 12.8. The number of rotatable bonds is 6. The van der Waals surface area contributed by atoms with E-state index in [-0.39, 0.29) is 11.1 Å². The van der Waals surface area contributed by atoms with Gasteiger partial charge in [0, 0.05) is 11.9 Å². The van der Waals surface area contributed by atoms with E-state index in [0.717, 1.165) is 5.56 Å². The first-order chi connectivity index (χ1) is 13.5. The summed E-state index contributed by atoms with van der Waals surface area (Å²) in [5.74, 6) is 0.696. The third kappa shape index (κ3) is 4.35. The maximum Gasteiger partial charge on any atom is 0.263 e. The van der Waals surface area contributed by atoms with Gasteiger partial charge in [-0.25, -0.2) is 0 Å². The number of benzene rings is 2. The van der Waals surface area contributed by atoms with E-state index in [1.165, 1.54) is 17.7 Å². The van der Waals surface area contributed by atoms with Crippen LogP contribution in [0, 0.1) is 0 Å². The fraction of sp³-hybridized carbons (Fsp3) is 0.143. The summed E-state index contributed by atoms with van der Waals surface area (Å²) in [6.07, 6.45) is 1.64. The van der Waals surface area contributed by atoms with Crippen molar-refractivity contribution in [2.45, 2.75) is 6.54 Å². The highest BCUT2D eigenvalue weighted by atomic mass is 35.5. The minimum Gasteiger partial charge on any atom is -0.497 e. The van der Waals surface area contributed by atoms with Crippen molar-refractivity contribution in [1.82, 2.24) is 4.57 Å². The molecule has 28 heavy (non-hydrogen) atoms. The Balaban J connectivity index is 1.82. The van der Waals surface area contributed by atoms with E-state index in [2.05, 4.69) is 5.32 Å². The summed E-state index contributed by atoms with van der Waals surface area (Å²) in [5, 5.41) is 3.05. The molecule has 1 amide bonds. The third-order valence-electron chi connectivity index (χ3n) is 4.16. The van der Waals surface area contributed by atoms with Crippen molar-refractivity contribution in [2.24, 2.45) is 0 Å². The molecule has 0 spiro atoms. The highest BCUT2D eigenvalue weighted by Crippen LogP contribution is 2.27. The molecule has 0 aliphatic heterocycles. The van der Waals surface area contributed by atoms with E-state index in [0.29, 0.717) is 28.8 Å². The number of pyridine rings is 1.